The Kier molecular flexibility index (Phi) is 6.82. The van der Waals surface area contributed by atoms with E-state index in [1.807, 2.05) is 6.07 Å². The van der Waals surface area contributed by atoms with Gasteiger partial charge in [-0.15, -0.1) is 0 Å². The molecule has 10 aromatic rings. The molecule has 5 aliphatic rings. The van der Waals surface area contributed by atoms with Crippen LogP contribution in [0.1, 0.15) is 44.5 Å². The van der Waals surface area contributed by atoms with Crippen molar-refractivity contribution >= 4 is 17.1 Å². The Bertz CT molecular complexity index is 3590. The molecular weight excluding hydrogens is 791 g/mol. The second-order valence-electron chi connectivity index (χ2n) is 17.8. The molecule has 0 bridgehead atoms. The van der Waals surface area contributed by atoms with Crippen molar-refractivity contribution in [3.8, 4) is 67.5 Å². The van der Waals surface area contributed by atoms with Crippen LogP contribution in [0.4, 0.5) is 17.1 Å². The molecule has 0 fully saturated rings. The summed E-state index contributed by atoms with van der Waals surface area (Å²) in [4.78, 5) is 2.35. The van der Waals surface area contributed by atoms with Gasteiger partial charge < -0.3 is 14.4 Å². The van der Waals surface area contributed by atoms with Crippen molar-refractivity contribution in [3.63, 3.8) is 0 Å². The number of hydrogen-bond donors (Lipinski definition) is 0. The average Bonchev–Trinajstić information content (AvgIpc) is 4.05. The summed E-state index contributed by atoms with van der Waals surface area (Å²) in [7, 11) is 0. The topological polar surface area (TPSA) is 21.7 Å². The summed E-state index contributed by atoms with van der Waals surface area (Å²) >= 11 is 0. The molecule has 1 heterocycles. The Morgan fingerprint density at radius 2 is 0.723 bits per heavy atom. The van der Waals surface area contributed by atoms with Crippen molar-refractivity contribution in [2.75, 3.05) is 4.90 Å². The van der Waals surface area contributed by atoms with Gasteiger partial charge in [0, 0.05) is 16.9 Å². The molecule has 3 heteroatoms. The van der Waals surface area contributed by atoms with Gasteiger partial charge in [0.2, 0.25) is 0 Å². The van der Waals surface area contributed by atoms with E-state index in [4.69, 9.17) is 9.47 Å². The molecule has 15 rings (SSSR count). The lowest BCUT2D eigenvalue weighted by molar-refractivity contribution is 0.361. The minimum atomic E-state index is -0.497. The predicted molar refractivity (Wildman–Crippen MR) is 260 cm³/mol. The second-order valence-corrected chi connectivity index (χ2v) is 17.8. The average molecular weight is 828 g/mol. The van der Waals surface area contributed by atoms with Crippen molar-refractivity contribution in [1.82, 2.24) is 0 Å². The summed E-state index contributed by atoms with van der Waals surface area (Å²) in [5.74, 6) is 2.81. The normalized spacial score (nSPS) is 14.6. The van der Waals surface area contributed by atoms with E-state index < -0.39 is 10.8 Å². The fourth-order valence-electron chi connectivity index (χ4n) is 12.6. The van der Waals surface area contributed by atoms with Gasteiger partial charge in [0.15, 0.2) is 23.0 Å². The molecule has 65 heavy (non-hydrogen) atoms. The number of para-hydroxylation sites is 2. The van der Waals surface area contributed by atoms with E-state index in [0.717, 1.165) is 33.9 Å². The van der Waals surface area contributed by atoms with Gasteiger partial charge in [0.05, 0.1) is 16.5 Å². The quantitative estimate of drug-likeness (QED) is 0.177. The largest absolute Gasteiger partial charge is 0.449 e. The third kappa shape index (κ3) is 4.26. The van der Waals surface area contributed by atoms with Gasteiger partial charge in [-0.1, -0.05) is 182 Å². The van der Waals surface area contributed by atoms with E-state index in [1.54, 1.807) is 0 Å². The smallest absolute Gasteiger partial charge is 0.194 e. The zero-order valence-corrected chi connectivity index (χ0v) is 35.1. The highest BCUT2D eigenvalue weighted by Crippen LogP contribution is 2.68. The van der Waals surface area contributed by atoms with Crippen molar-refractivity contribution in [2.45, 2.75) is 10.8 Å². The van der Waals surface area contributed by atoms with E-state index in [0.29, 0.717) is 17.2 Å². The van der Waals surface area contributed by atoms with Gasteiger partial charge in [-0.05, 0) is 126 Å². The molecule has 0 saturated carbocycles. The monoisotopic (exact) mass is 827 g/mol. The lowest BCUT2D eigenvalue weighted by Crippen LogP contribution is -2.26. The molecule has 1 aliphatic heterocycles. The molecule has 0 amide bonds. The number of fused-ring (bicyclic) bond motifs is 23. The van der Waals surface area contributed by atoms with Crippen LogP contribution < -0.4 is 14.4 Å². The maximum atomic E-state index is 7.47. The molecule has 0 unspecified atom stereocenters. The van der Waals surface area contributed by atoms with Crippen LogP contribution in [-0.2, 0) is 10.8 Å². The number of benzene rings is 10. The highest BCUT2D eigenvalue weighted by Gasteiger charge is 2.54. The first kappa shape index (κ1) is 35.1. The summed E-state index contributed by atoms with van der Waals surface area (Å²) < 4.78 is 14.5. The predicted octanol–water partition coefficient (Wildman–Crippen LogP) is 15.7. The molecular formula is C62H37NO2. The number of rotatable bonds is 3. The van der Waals surface area contributed by atoms with Crippen LogP contribution in [0, 0.1) is 0 Å². The Labute approximate surface area is 377 Å². The van der Waals surface area contributed by atoms with Crippen molar-refractivity contribution < 1.29 is 9.47 Å². The van der Waals surface area contributed by atoms with Crippen LogP contribution in [0.25, 0.3) is 44.5 Å². The third-order valence-corrected chi connectivity index (χ3v) is 15.0. The van der Waals surface area contributed by atoms with Crippen LogP contribution in [0.15, 0.2) is 224 Å². The molecule has 302 valence electrons. The van der Waals surface area contributed by atoms with Gasteiger partial charge in [0.1, 0.15) is 0 Å². The fourth-order valence-corrected chi connectivity index (χ4v) is 12.6. The highest BCUT2D eigenvalue weighted by molar-refractivity contribution is 5.99. The maximum Gasteiger partial charge on any atom is 0.194 e. The zero-order chi connectivity index (χ0) is 42.4. The minimum absolute atomic E-state index is 0.479. The summed E-state index contributed by atoms with van der Waals surface area (Å²) in [5, 5.41) is 0. The summed E-state index contributed by atoms with van der Waals surface area (Å²) in [6.45, 7) is 0. The van der Waals surface area contributed by atoms with Crippen molar-refractivity contribution in [3.05, 3.63) is 269 Å². The molecule has 3 nitrogen and oxygen atoms in total. The van der Waals surface area contributed by atoms with Gasteiger partial charge in [-0.3, -0.25) is 0 Å². The highest BCUT2D eigenvalue weighted by atomic mass is 16.6. The maximum absolute atomic E-state index is 7.47. The standard InChI is InChI=1S/C62H37NO2/c1-2-17-38(18-3-1)63(39-33-34-45-44-23-8-14-29-51(44)62(54(45)37-39)49-27-12-6-21-42(49)43-22-7-13-28-50(43)62)55-31-16-32-56-59(55)65-60-57(64-56)36-35-53-58(60)46-24-9-15-30-52(46)61(53)47-25-10-4-19-40(47)41-20-5-11-26-48(41)61/h1-37H. The van der Waals surface area contributed by atoms with E-state index in [2.05, 4.69) is 223 Å². The zero-order valence-electron chi connectivity index (χ0n) is 35.1. The van der Waals surface area contributed by atoms with E-state index >= 15 is 0 Å². The SMILES string of the molecule is c1ccc(N(c2ccc3c(c2)C2(c4ccccc4-c4ccccc42)c2ccccc2-3)c2cccc3c2Oc2c(ccc4c2-c2ccccc2C42c4ccccc4-c4ccccc42)O3)cc1. The third-order valence-electron chi connectivity index (χ3n) is 15.0. The molecule has 0 aromatic heterocycles. The first-order valence-electron chi connectivity index (χ1n) is 22.5. The number of nitrogens with zero attached hydrogens (tertiary/aromatic N) is 1. The van der Waals surface area contributed by atoms with Gasteiger partial charge in [-0.25, -0.2) is 0 Å². The minimum Gasteiger partial charge on any atom is -0.449 e. The number of anilines is 3. The fraction of sp³-hybridized carbons (Fsp3) is 0.0323. The summed E-state index contributed by atoms with van der Waals surface area (Å²) in [6, 6.07) is 82.0. The van der Waals surface area contributed by atoms with E-state index in [9.17, 15) is 0 Å². The van der Waals surface area contributed by atoms with Crippen LogP contribution in [0.2, 0.25) is 0 Å². The molecule has 0 N–H and O–H groups in total. The molecule has 2 spiro atoms. The summed E-state index contributed by atoms with van der Waals surface area (Å²) in [6.07, 6.45) is 0. The van der Waals surface area contributed by atoms with E-state index in [-0.39, 0.29) is 0 Å². The van der Waals surface area contributed by atoms with Crippen LogP contribution in [-0.4, -0.2) is 0 Å². The molecule has 0 atom stereocenters. The second kappa shape index (κ2) is 12.6. The Morgan fingerprint density at radius 1 is 0.277 bits per heavy atom. The van der Waals surface area contributed by atoms with Gasteiger partial charge in [-0.2, -0.15) is 0 Å². The van der Waals surface area contributed by atoms with Crippen LogP contribution in [0.3, 0.4) is 0 Å². The molecule has 0 saturated heterocycles. The first-order chi connectivity index (χ1) is 32.3. The molecule has 4 aliphatic carbocycles. The van der Waals surface area contributed by atoms with Crippen LogP contribution >= 0.6 is 0 Å². The first-order valence-corrected chi connectivity index (χ1v) is 22.5. The van der Waals surface area contributed by atoms with Crippen molar-refractivity contribution in [2.24, 2.45) is 0 Å². The van der Waals surface area contributed by atoms with Crippen molar-refractivity contribution in [1.29, 1.82) is 0 Å². The van der Waals surface area contributed by atoms with Gasteiger partial charge in [0.25, 0.3) is 0 Å². The lowest BCUT2D eigenvalue weighted by Gasteiger charge is -2.33. The molecule has 10 aromatic carbocycles. The number of ether oxygens (including phenoxy) is 2. The molecule has 0 radical (unpaired) electrons. The Morgan fingerprint density at radius 3 is 1.28 bits per heavy atom. The number of hydrogen-bond acceptors (Lipinski definition) is 3. The summed E-state index contributed by atoms with van der Waals surface area (Å²) in [5.41, 5.74) is 22.2. The van der Waals surface area contributed by atoms with Crippen LogP contribution in [0.5, 0.6) is 23.0 Å². The Hall–Kier alpha value is -8.40. The van der Waals surface area contributed by atoms with Gasteiger partial charge >= 0.3 is 0 Å². The van der Waals surface area contributed by atoms with E-state index in [1.165, 1.54) is 77.9 Å². The lowest BCUT2D eigenvalue weighted by atomic mass is 9.70. The Balaban J connectivity index is 0.946.